The van der Waals surface area contributed by atoms with Crippen molar-refractivity contribution in [1.82, 2.24) is 14.9 Å². The zero-order valence-corrected chi connectivity index (χ0v) is 26.7. The molecular weight excluding hydrogens is 617 g/mol. The van der Waals surface area contributed by atoms with E-state index in [4.69, 9.17) is 23.2 Å². The predicted octanol–water partition coefficient (Wildman–Crippen LogP) is 6.18. The lowest BCUT2D eigenvalue weighted by molar-refractivity contribution is -0.141. The molecule has 0 spiro atoms. The zero-order chi connectivity index (χ0) is 31.5. The van der Waals surface area contributed by atoms with Crippen molar-refractivity contribution in [2.75, 3.05) is 6.54 Å². The number of nitrogens with zero attached hydrogens (tertiary/aromatic N) is 1. The van der Waals surface area contributed by atoms with Gasteiger partial charge in [-0.05, 0) is 52.9 Å². The molecule has 10 heteroatoms. The molecule has 1 atom stereocenters. The minimum Gasteiger partial charge on any atom is -0.350 e. The number of carbonyl (C=O) groups is 2. The van der Waals surface area contributed by atoms with E-state index in [0.717, 1.165) is 16.7 Å². The van der Waals surface area contributed by atoms with E-state index in [2.05, 4.69) is 10.0 Å². The number of rotatable bonds is 14. The molecule has 0 fully saturated rings. The second-order valence-corrected chi connectivity index (χ2v) is 12.9. The van der Waals surface area contributed by atoms with Gasteiger partial charge in [-0.2, -0.15) is 0 Å². The van der Waals surface area contributed by atoms with Gasteiger partial charge in [-0.25, -0.2) is 13.1 Å². The fourth-order valence-electron chi connectivity index (χ4n) is 4.80. The van der Waals surface area contributed by atoms with E-state index in [-0.39, 0.29) is 36.2 Å². The number of hydrogen-bond donors (Lipinski definition) is 2. The highest BCUT2D eigenvalue weighted by atomic mass is 35.5. The van der Waals surface area contributed by atoms with Crippen LogP contribution in [-0.4, -0.2) is 37.7 Å². The average molecular weight is 653 g/mol. The van der Waals surface area contributed by atoms with Gasteiger partial charge >= 0.3 is 0 Å². The Hall–Kier alpha value is -3.69. The average Bonchev–Trinajstić information content (AvgIpc) is 3.02. The molecule has 4 rings (SSSR count). The van der Waals surface area contributed by atoms with Crippen LogP contribution in [0.2, 0.25) is 10.0 Å². The fourth-order valence-corrected chi connectivity index (χ4v) is 6.32. The van der Waals surface area contributed by atoms with E-state index in [1.54, 1.807) is 42.2 Å². The van der Waals surface area contributed by atoms with E-state index >= 15 is 0 Å². The lowest BCUT2D eigenvalue weighted by Crippen LogP contribution is -2.50. The smallest absolute Gasteiger partial charge is 0.243 e. The lowest BCUT2D eigenvalue weighted by atomic mass is 10.0. The molecule has 0 radical (unpaired) electrons. The Balaban J connectivity index is 1.58. The van der Waals surface area contributed by atoms with Crippen LogP contribution < -0.4 is 10.0 Å². The summed E-state index contributed by atoms with van der Waals surface area (Å²) in [5.74, 6) is -0.499. The van der Waals surface area contributed by atoms with E-state index in [1.165, 1.54) is 12.1 Å². The monoisotopic (exact) mass is 651 g/mol. The van der Waals surface area contributed by atoms with E-state index in [0.29, 0.717) is 35.0 Å². The fraction of sp³-hybridized carbons (Fsp3) is 0.235. The standard InChI is InChI=1S/C34H35Cl2N3O4S/c1-2-38-44(42,43)30-18-13-25(14-19-30)15-20-33(40)39(24-27-11-7-4-8-12-27)32(21-26-9-5-3-6-10-26)34(41)37-23-28-16-17-29(35)22-31(28)36/h3-14,16-19,22,32,38H,2,15,20-21,23-24H2,1H3,(H,37,41)/t32-/m1/s1. The Labute approximate surface area is 269 Å². The summed E-state index contributed by atoms with van der Waals surface area (Å²) < 4.78 is 27.1. The van der Waals surface area contributed by atoms with Crippen LogP contribution in [0.4, 0.5) is 0 Å². The first-order chi connectivity index (χ1) is 21.2. The molecule has 0 aromatic heterocycles. The predicted molar refractivity (Wildman–Crippen MR) is 175 cm³/mol. The van der Waals surface area contributed by atoms with E-state index in [9.17, 15) is 18.0 Å². The second kappa shape index (κ2) is 15.9. The third kappa shape index (κ3) is 9.40. The molecule has 7 nitrogen and oxygen atoms in total. The van der Waals surface area contributed by atoms with Crippen molar-refractivity contribution in [2.24, 2.45) is 0 Å². The molecular formula is C34H35Cl2N3O4S. The quantitative estimate of drug-likeness (QED) is 0.170. The number of amides is 2. The summed E-state index contributed by atoms with van der Waals surface area (Å²) in [4.78, 5) is 29.6. The van der Waals surface area contributed by atoms with Crippen LogP contribution in [0.5, 0.6) is 0 Å². The maximum absolute atomic E-state index is 13.9. The molecule has 0 saturated heterocycles. The Morgan fingerprint density at radius 2 is 1.45 bits per heavy atom. The van der Waals surface area contributed by atoms with Gasteiger partial charge < -0.3 is 10.2 Å². The molecule has 0 saturated carbocycles. The van der Waals surface area contributed by atoms with Crippen molar-refractivity contribution in [3.05, 3.63) is 135 Å². The minimum absolute atomic E-state index is 0.133. The first kappa shape index (κ1) is 33.2. The number of halogens is 2. The van der Waals surface area contributed by atoms with Gasteiger partial charge in [0.2, 0.25) is 21.8 Å². The van der Waals surface area contributed by atoms with Crippen LogP contribution in [-0.2, 0) is 45.5 Å². The van der Waals surface area contributed by atoms with Gasteiger partial charge in [0, 0.05) is 42.5 Å². The summed E-state index contributed by atoms with van der Waals surface area (Å²) in [6.07, 6.45) is 0.829. The van der Waals surface area contributed by atoms with Crippen LogP contribution in [0.15, 0.2) is 108 Å². The molecule has 2 amide bonds. The van der Waals surface area contributed by atoms with E-state index < -0.39 is 16.1 Å². The third-order valence-corrected chi connectivity index (χ3v) is 9.28. The van der Waals surface area contributed by atoms with Crippen LogP contribution in [0.3, 0.4) is 0 Å². The van der Waals surface area contributed by atoms with Crippen molar-refractivity contribution in [2.45, 2.75) is 50.2 Å². The largest absolute Gasteiger partial charge is 0.350 e. The maximum Gasteiger partial charge on any atom is 0.243 e. The molecule has 0 aliphatic rings. The Bertz CT molecular complexity index is 1650. The summed E-state index contributed by atoms with van der Waals surface area (Å²) >= 11 is 12.4. The van der Waals surface area contributed by atoms with Crippen molar-refractivity contribution < 1.29 is 18.0 Å². The van der Waals surface area contributed by atoms with Crippen LogP contribution in [0, 0.1) is 0 Å². The van der Waals surface area contributed by atoms with Crippen molar-refractivity contribution in [3.63, 3.8) is 0 Å². The molecule has 230 valence electrons. The van der Waals surface area contributed by atoms with Gasteiger partial charge in [0.1, 0.15) is 6.04 Å². The Morgan fingerprint density at radius 1 is 0.818 bits per heavy atom. The highest BCUT2D eigenvalue weighted by molar-refractivity contribution is 7.89. The Kier molecular flexibility index (Phi) is 12.0. The number of sulfonamides is 1. The van der Waals surface area contributed by atoms with Gasteiger partial charge in [-0.3, -0.25) is 9.59 Å². The zero-order valence-electron chi connectivity index (χ0n) is 24.4. The minimum atomic E-state index is -3.57. The number of carbonyl (C=O) groups excluding carboxylic acids is 2. The summed E-state index contributed by atoms with van der Waals surface area (Å²) in [7, 11) is -3.57. The number of nitrogens with one attached hydrogen (secondary N) is 2. The molecule has 44 heavy (non-hydrogen) atoms. The van der Waals surface area contributed by atoms with Crippen LogP contribution in [0.25, 0.3) is 0 Å². The molecule has 0 aliphatic heterocycles. The van der Waals surface area contributed by atoms with Gasteiger partial charge in [0.25, 0.3) is 0 Å². The molecule has 0 bridgehead atoms. The number of hydrogen-bond acceptors (Lipinski definition) is 4. The molecule has 2 N–H and O–H groups in total. The highest BCUT2D eigenvalue weighted by Crippen LogP contribution is 2.22. The summed E-state index contributed by atoms with van der Waals surface area (Å²) in [6.45, 7) is 2.43. The molecule has 4 aromatic carbocycles. The first-order valence-corrected chi connectivity index (χ1v) is 16.6. The van der Waals surface area contributed by atoms with Gasteiger partial charge in [0.05, 0.1) is 4.90 Å². The topological polar surface area (TPSA) is 95.6 Å². The van der Waals surface area contributed by atoms with Crippen molar-refractivity contribution in [3.8, 4) is 0 Å². The number of aryl methyl sites for hydroxylation is 1. The highest BCUT2D eigenvalue weighted by Gasteiger charge is 2.30. The third-order valence-electron chi connectivity index (χ3n) is 7.13. The molecule has 4 aromatic rings. The second-order valence-electron chi connectivity index (χ2n) is 10.3. The van der Waals surface area contributed by atoms with Gasteiger partial charge in [-0.15, -0.1) is 0 Å². The lowest BCUT2D eigenvalue weighted by Gasteiger charge is -2.32. The molecule has 0 heterocycles. The SMILES string of the molecule is CCNS(=O)(=O)c1ccc(CCC(=O)N(Cc2ccccc2)[C@H](Cc2ccccc2)C(=O)NCc2ccc(Cl)cc2Cl)cc1. The summed E-state index contributed by atoms with van der Waals surface area (Å²) in [5, 5.41) is 3.93. The van der Waals surface area contributed by atoms with Gasteiger partial charge in [-0.1, -0.05) is 109 Å². The molecule has 0 aliphatic carbocycles. The Morgan fingerprint density at radius 3 is 2.07 bits per heavy atom. The first-order valence-electron chi connectivity index (χ1n) is 14.3. The van der Waals surface area contributed by atoms with Crippen LogP contribution >= 0.6 is 23.2 Å². The number of benzene rings is 4. The maximum atomic E-state index is 13.9. The van der Waals surface area contributed by atoms with E-state index in [1.807, 2.05) is 60.7 Å². The normalized spacial score (nSPS) is 12.0. The summed E-state index contributed by atoms with van der Waals surface area (Å²) in [5.41, 5.74) is 3.34. The van der Waals surface area contributed by atoms with Crippen molar-refractivity contribution >= 4 is 45.0 Å². The van der Waals surface area contributed by atoms with Crippen molar-refractivity contribution in [1.29, 1.82) is 0 Å². The van der Waals surface area contributed by atoms with Crippen LogP contribution in [0.1, 0.15) is 35.6 Å². The van der Waals surface area contributed by atoms with Gasteiger partial charge in [0.15, 0.2) is 0 Å². The summed E-state index contributed by atoms with van der Waals surface area (Å²) in [6, 6.07) is 29.9. The molecule has 0 unspecified atom stereocenters.